The third-order valence-electron chi connectivity index (χ3n) is 4.50. The lowest BCUT2D eigenvalue weighted by Gasteiger charge is -2.16. The summed E-state index contributed by atoms with van der Waals surface area (Å²) in [4.78, 5) is 30.5. The fraction of sp³-hybridized carbons (Fsp3) is 0.211. The number of hydrogen-bond acceptors (Lipinski definition) is 5. The molecule has 0 saturated heterocycles. The van der Waals surface area contributed by atoms with Gasteiger partial charge in [-0.1, -0.05) is 0 Å². The van der Waals surface area contributed by atoms with Crippen LogP contribution in [0, 0.1) is 6.92 Å². The van der Waals surface area contributed by atoms with Gasteiger partial charge in [-0.25, -0.2) is 4.79 Å². The van der Waals surface area contributed by atoms with E-state index in [2.05, 4.69) is 9.97 Å². The molecule has 0 amide bonds. The number of carbonyl (C=O) groups is 1. The van der Waals surface area contributed by atoms with Crippen molar-refractivity contribution < 1.29 is 27.4 Å². The minimum atomic E-state index is -4.65. The first-order valence-electron chi connectivity index (χ1n) is 8.85. The Morgan fingerprint density at radius 1 is 1.23 bits per heavy atom. The van der Waals surface area contributed by atoms with Gasteiger partial charge in [-0.05, 0) is 38.1 Å². The molecule has 0 unspecified atom stereocenters. The third-order valence-corrected chi connectivity index (χ3v) is 4.50. The van der Waals surface area contributed by atoms with Crippen molar-refractivity contribution in [3.05, 3.63) is 58.3 Å². The van der Waals surface area contributed by atoms with Crippen LogP contribution in [0.4, 0.5) is 18.0 Å². The number of alkyl halides is 3. The van der Waals surface area contributed by atoms with E-state index in [1.54, 1.807) is 19.1 Å². The van der Waals surface area contributed by atoms with Crippen LogP contribution in [0.15, 0.2) is 41.5 Å². The zero-order chi connectivity index (χ0) is 21.6. The topological polar surface area (TPSA) is 90.6 Å². The molecule has 8 nitrogen and oxygen atoms in total. The molecule has 3 heterocycles. The first-order valence-corrected chi connectivity index (χ1v) is 8.85. The summed E-state index contributed by atoms with van der Waals surface area (Å²) >= 11 is 0. The predicted octanol–water partition coefficient (Wildman–Crippen LogP) is 3.83. The fourth-order valence-electron chi connectivity index (χ4n) is 3.23. The summed E-state index contributed by atoms with van der Waals surface area (Å²) in [6.07, 6.45) is -2.69. The van der Waals surface area contributed by atoms with Crippen LogP contribution in [-0.2, 0) is 10.9 Å². The second-order valence-corrected chi connectivity index (χ2v) is 6.38. The number of nitrogens with zero attached hydrogens (tertiary/aromatic N) is 3. The number of aromatic amines is 1. The summed E-state index contributed by atoms with van der Waals surface area (Å²) in [5.74, 6) is -0.172. The van der Waals surface area contributed by atoms with Crippen molar-refractivity contribution in [1.82, 2.24) is 18.9 Å². The van der Waals surface area contributed by atoms with Crippen LogP contribution in [0.25, 0.3) is 22.4 Å². The Kier molecular flexibility index (Phi) is 4.52. The number of imidazole rings is 1. The van der Waals surface area contributed by atoms with Gasteiger partial charge in [0.25, 0.3) is 5.56 Å². The predicted molar refractivity (Wildman–Crippen MR) is 100 cm³/mol. The van der Waals surface area contributed by atoms with Crippen LogP contribution in [0.3, 0.4) is 0 Å². The molecule has 156 valence electrons. The highest BCUT2D eigenvalue weighted by Gasteiger charge is 2.35. The molecule has 0 aliphatic carbocycles. The van der Waals surface area contributed by atoms with E-state index in [1.165, 1.54) is 34.4 Å². The molecule has 1 aromatic carbocycles. The second-order valence-electron chi connectivity index (χ2n) is 6.38. The molecule has 0 spiro atoms. The number of aryl methyl sites for hydroxylation is 1. The molecular weight excluding hydrogens is 405 g/mol. The number of fused-ring (bicyclic) bond motifs is 3. The molecule has 0 bridgehead atoms. The number of halogens is 3. The summed E-state index contributed by atoms with van der Waals surface area (Å²) < 4.78 is 53.5. The van der Waals surface area contributed by atoms with Crippen molar-refractivity contribution in [3.8, 4) is 11.6 Å². The quantitative estimate of drug-likeness (QED) is 0.509. The smallest absolute Gasteiger partial charge is 0.434 e. The molecule has 4 rings (SSSR count). The van der Waals surface area contributed by atoms with E-state index in [-0.39, 0.29) is 40.5 Å². The van der Waals surface area contributed by atoms with Crippen LogP contribution < -0.4 is 10.3 Å². The summed E-state index contributed by atoms with van der Waals surface area (Å²) in [5, 5.41) is 0. The molecule has 0 atom stereocenters. The molecule has 0 fully saturated rings. The Morgan fingerprint density at radius 3 is 2.57 bits per heavy atom. The first kappa shape index (κ1) is 19.6. The normalized spacial score (nSPS) is 11.9. The van der Waals surface area contributed by atoms with Crippen LogP contribution in [0.1, 0.15) is 18.2 Å². The molecule has 0 aliphatic heterocycles. The molecule has 4 aromatic rings. The third kappa shape index (κ3) is 3.17. The maximum Gasteiger partial charge on any atom is 0.515 e. The van der Waals surface area contributed by atoms with Crippen LogP contribution in [0.5, 0.6) is 5.88 Å². The van der Waals surface area contributed by atoms with Crippen molar-refractivity contribution in [2.75, 3.05) is 6.61 Å². The van der Waals surface area contributed by atoms with Gasteiger partial charge in [-0.15, -0.1) is 0 Å². The standard InChI is InChI=1S/C19H15F3N4O4/c1-3-29-18(28)30-17-10(2)26-14-9-13(25-6-4-5-7-25)11(19(20,21)22)8-12(14)23-16(27)15(26)24-17/h4-9H,3H2,1-2H3,(H,23,27). The molecular formula is C19H15F3N4O4. The highest BCUT2D eigenvalue weighted by atomic mass is 19.4. The Hall–Kier alpha value is -3.76. The van der Waals surface area contributed by atoms with E-state index in [4.69, 9.17) is 9.47 Å². The first-order chi connectivity index (χ1) is 14.2. The van der Waals surface area contributed by atoms with Crippen molar-refractivity contribution in [2.45, 2.75) is 20.0 Å². The van der Waals surface area contributed by atoms with Gasteiger partial charge >= 0.3 is 12.3 Å². The number of aromatic nitrogens is 4. The minimum Gasteiger partial charge on any atom is -0.434 e. The number of nitrogens with one attached hydrogen (secondary N) is 1. The van der Waals surface area contributed by atoms with Crippen LogP contribution in [0.2, 0.25) is 0 Å². The largest absolute Gasteiger partial charge is 0.515 e. The molecule has 3 aromatic heterocycles. The van der Waals surface area contributed by atoms with Gasteiger partial charge in [0.05, 0.1) is 34.6 Å². The van der Waals surface area contributed by atoms with Gasteiger partial charge in [0.2, 0.25) is 11.5 Å². The van der Waals surface area contributed by atoms with E-state index in [0.29, 0.717) is 0 Å². The molecule has 11 heteroatoms. The van der Waals surface area contributed by atoms with Gasteiger partial charge in [0.1, 0.15) is 0 Å². The van der Waals surface area contributed by atoms with E-state index in [9.17, 15) is 22.8 Å². The maximum absolute atomic E-state index is 13.7. The number of H-pyrrole nitrogens is 1. The van der Waals surface area contributed by atoms with Gasteiger partial charge < -0.3 is 19.0 Å². The zero-order valence-corrected chi connectivity index (χ0v) is 15.8. The highest BCUT2D eigenvalue weighted by Crippen LogP contribution is 2.36. The lowest BCUT2D eigenvalue weighted by atomic mass is 10.1. The summed E-state index contributed by atoms with van der Waals surface area (Å²) in [7, 11) is 0. The Morgan fingerprint density at radius 2 is 1.93 bits per heavy atom. The van der Waals surface area contributed by atoms with Gasteiger partial charge in [0.15, 0.2) is 0 Å². The van der Waals surface area contributed by atoms with E-state index in [1.807, 2.05) is 0 Å². The molecule has 30 heavy (non-hydrogen) atoms. The number of rotatable bonds is 3. The molecule has 0 radical (unpaired) electrons. The fourth-order valence-corrected chi connectivity index (χ4v) is 3.23. The van der Waals surface area contributed by atoms with Crippen molar-refractivity contribution in [1.29, 1.82) is 0 Å². The number of hydrogen-bond donors (Lipinski definition) is 1. The Labute approximate surface area is 166 Å². The Balaban J connectivity index is 2.03. The lowest BCUT2D eigenvalue weighted by molar-refractivity contribution is -0.137. The monoisotopic (exact) mass is 420 g/mol. The van der Waals surface area contributed by atoms with E-state index in [0.717, 1.165) is 6.07 Å². The minimum absolute atomic E-state index is 0.0427. The van der Waals surface area contributed by atoms with Gasteiger partial charge in [-0.2, -0.15) is 18.2 Å². The number of benzene rings is 1. The van der Waals surface area contributed by atoms with Crippen LogP contribution in [-0.4, -0.2) is 31.7 Å². The zero-order valence-electron chi connectivity index (χ0n) is 15.8. The van der Waals surface area contributed by atoms with Crippen molar-refractivity contribution in [2.24, 2.45) is 0 Å². The maximum atomic E-state index is 13.7. The summed E-state index contributed by atoms with van der Waals surface area (Å²) in [6.45, 7) is 3.20. The van der Waals surface area contributed by atoms with Crippen molar-refractivity contribution >= 4 is 22.8 Å². The summed E-state index contributed by atoms with van der Waals surface area (Å²) in [6, 6.07) is 5.36. The SMILES string of the molecule is CCOC(=O)Oc1nc2c(=O)[nH]c3cc(C(F)(F)F)c(-n4cccc4)cc3n2c1C. The summed E-state index contributed by atoms with van der Waals surface area (Å²) in [5.41, 5.74) is -1.43. The lowest BCUT2D eigenvalue weighted by Crippen LogP contribution is -2.15. The van der Waals surface area contributed by atoms with Gasteiger partial charge in [-0.3, -0.25) is 9.20 Å². The molecule has 0 aliphatic rings. The van der Waals surface area contributed by atoms with Crippen LogP contribution >= 0.6 is 0 Å². The molecule has 1 N–H and O–H groups in total. The van der Waals surface area contributed by atoms with Crippen molar-refractivity contribution in [3.63, 3.8) is 0 Å². The average molecular weight is 420 g/mol. The van der Waals surface area contributed by atoms with Gasteiger partial charge in [0, 0.05) is 12.4 Å². The second kappa shape index (κ2) is 6.94. The average Bonchev–Trinajstić information content (AvgIpc) is 3.30. The highest BCUT2D eigenvalue weighted by molar-refractivity contribution is 5.82. The Bertz CT molecular complexity index is 1320. The number of ether oxygens (including phenoxy) is 2. The number of carbonyl (C=O) groups excluding carboxylic acids is 1. The molecule has 0 saturated carbocycles. The van der Waals surface area contributed by atoms with E-state index < -0.39 is 23.5 Å². The van der Waals surface area contributed by atoms with E-state index >= 15 is 0 Å².